The number of piperidine rings is 1. The summed E-state index contributed by atoms with van der Waals surface area (Å²) in [7, 11) is 0. The number of carbonyl (C=O) groups is 1. The van der Waals surface area contributed by atoms with E-state index in [9.17, 15) is 4.79 Å². The van der Waals surface area contributed by atoms with Crippen molar-refractivity contribution in [1.82, 2.24) is 9.47 Å². The molecule has 1 fully saturated rings. The molecule has 2 aromatic rings. The van der Waals surface area contributed by atoms with Gasteiger partial charge in [0.15, 0.2) is 5.78 Å². The lowest BCUT2D eigenvalue weighted by Crippen LogP contribution is -2.32. The molecule has 1 aliphatic heterocycles. The van der Waals surface area contributed by atoms with E-state index in [0.29, 0.717) is 0 Å². The van der Waals surface area contributed by atoms with Crippen molar-refractivity contribution in [3.63, 3.8) is 0 Å². The number of fused-ring (bicyclic) bond motifs is 1. The van der Waals surface area contributed by atoms with Crippen LogP contribution in [0.3, 0.4) is 0 Å². The molecule has 26 heavy (non-hydrogen) atoms. The predicted octanol–water partition coefficient (Wildman–Crippen LogP) is 5.45. The second-order valence-electron chi connectivity index (χ2n) is 7.51. The molecule has 3 heteroatoms. The van der Waals surface area contributed by atoms with Gasteiger partial charge in [-0.05, 0) is 45.2 Å². The fraction of sp³-hybridized carbons (Fsp3) is 0.522. The molecular formula is C23H32N2O. The number of likely N-dealkylation sites (tertiary alicyclic amines) is 1. The van der Waals surface area contributed by atoms with Gasteiger partial charge in [-0.15, -0.1) is 0 Å². The molecule has 0 radical (unpaired) electrons. The molecule has 3 nitrogen and oxygen atoms in total. The maximum Gasteiger partial charge on any atom is 0.161 e. The van der Waals surface area contributed by atoms with Crippen molar-refractivity contribution in [1.29, 1.82) is 0 Å². The van der Waals surface area contributed by atoms with E-state index in [4.69, 9.17) is 0 Å². The Bertz CT molecular complexity index is 762. The Morgan fingerprint density at radius 1 is 1.12 bits per heavy atom. The SMILES string of the molecule is CCCCC=C1CCN(CCCn2cc(C(C)=O)c3ccccc32)CC1. The van der Waals surface area contributed by atoms with Crippen LogP contribution in [0.25, 0.3) is 10.9 Å². The van der Waals surface area contributed by atoms with Crippen LogP contribution in [0.1, 0.15) is 62.7 Å². The molecule has 1 aromatic heterocycles. The van der Waals surface area contributed by atoms with Crippen molar-refractivity contribution in [2.75, 3.05) is 19.6 Å². The Balaban J connectivity index is 1.51. The number of ketones is 1. The standard InChI is InChI=1S/C23H32N2O/c1-3-4-5-9-20-12-16-24(17-13-20)14-8-15-25-18-22(19(2)26)21-10-6-7-11-23(21)25/h6-7,9-11,18H,3-5,8,12-17H2,1-2H3. The van der Waals surface area contributed by atoms with Crippen LogP contribution in [0.15, 0.2) is 42.1 Å². The van der Waals surface area contributed by atoms with Crippen molar-refractivity contribution in [3.05, 3.63) is 47.7 Å². The molecule has 2 heterocycles. The van der Waals surface area contributed by atoms with Crippen LogP contribution >= 0.6 is 0 Å². The summed E-state index contributed by atoms with van der Waals surface area (Å²) in [4.78, 5) is 14.5. The first-order valence-electron chi connectivity index (χ1n) is 10.2. The number of hydrogen-bond donors (Lipinski definition) is 0. The zero-order valence-electron chi connectivity index (χ0n) is 16.3. The summed E-state index contributed by atoms with van der Waals surface area (Å²) in [6.07, 6.45) is 12.0. The highest BCUT2D eigenvalue weighted by Gasteiger charge is 2.14. The highest BCUT2D eigenvalue weighted by Crippen LogP contribution is 2.22. The van der Waals surface area contributed by atoms with E-state index < -0.39 is 0 Å². The first-order chi connectivity index (χ1) is 12.7. The van der Waals surface area contributed by atoms with Gasteiger partial charge in [0.25, 0.3) is 0 Å². The number of hydrogen-bond acceptors (Lipinski definition) is 2. The van der Waals surface area contributed by atoms with Crippen LogP contribution in [0.5, 0.6) is 0 Å². The largest absolute Gasteiger partial charge is 0.347 e. The molecule has 1 saturated heterocycles. The summed E-state index contributed by atoms with van der Waals surface area (Å²) in [5.41, 5.74) is 3.69. The Kier molecular flexibility index (Phi) is 6.67. The van der Waals surface area contributed by atoms with Crippen LogP contribution in [-0.2, 0) is 6.54 Å². The molecule has 140 valence electrons. The second-order valence-corrected chi connectivity index (χ2v) is 7.51. The van der Waals surface area contributed by atoms with Crippen LogP contribution in [0.4, 0.5) is 0 Å². The van der Waals surface area contributed by atoms with Gasteiger partial charge in [0.2, 0.25) is 0 Å². The van der Waals surface area contributed by atoms with Crippen molar-refractivity contribution < 1.29 is 4.79 Å². The molecule has 0 atom stereocenters. The van der Waals surface area contributed by atoms with Gasteiger partial charge in [-0.2, -0.15) is 0 Å². The highest BCUT2D eigenvalue weighted by molar-refractivity contribution is 6.06. The Morgan fingerprint density at radius 3 is 2.62 bits per heavy atom. The number of benzene rings is 1. The van der Waals surface area contributed by atoms with E-state index in [2.05, 4.69) is 40.7 Å². The van der Waals surface area contributed by atoms with E-state index in [1.54, 1.807) is 12.5 Å². The van der Waals surface area contributed by atoms with Gasteiger partial charge in [-0.3, -0.25) is 4.79 Å². The maximum absolute atomic E-state index is 11.9. The fourth-order valence-corrected chi connectivity index (χ4v) is 3.96. The monoisotopic (exact) mass is 352 g/mol. The van der Waals surface area contributed by atoms with Gasteiger partial charge < -0.3 is 9.47 Å². The number of aromatic nitrogens is 1. The molecule has 0 unspecified atom stereocenters. The summed E-state index contributed by atoms with van der Waals surface area (Å²) >= 11 is 0. The first-order valence-corrected chi connectivity index (χ1v) is 10.2. The van der Waals surface area contributed by atoms with Crippen LogP contribution in [-0.4, -0.2) is 34.9 Å². The lowest BCUT2D eigenvalue weighted by atomic mass is 10.0. The van der Waals surface area contributed by atoms with Crippen molar-refractivity contribution in [3.8, 4) is 0 Å². The third-order valence-electron chi connectivity index (χ3n) is 5.53. The summed E-state index contributed by atoms with van der Waals surface area (Å²) < 4.78 is 2.26. The highest BCUT2D eigenvalue weighted by atomic mass is 16.1. The lowest BCUT2D eigenvalue weighted by Gasteiger charge is -2.28. The molecule has 1 aliphatic rings. The average molecular weight is 353 g/mol. The smallest absolute Gasteiger partial charge is 0.161 e. The van der Waals surface area contributed by atoms with E-state index in [0.717, 1.165) is 30.5 Å². The minimum absolute atomic E-state index is 0.151. The Morgan fingerprint density at radius 2 is 1.88 bits per heavy atom. The van der Waals surface area contributed by atoms with Gasteiger partial charge in [-0.25, -0.2) is 0 Å². The van der Waals surface area contributed by atoms with Gasteiger partial charge in [0.05, 0.1) is 0 Å². The zero-order valence-corrected chi connectivity index (χ0v) is 16.3. The van der Waals surface area contributed by atoms with Crippen molar-refractivity contribution in [2.45, 2.75) is 58.9 Å². The van der Waals surface area contributed by atoms with Crippen molar-refractivity contribution in [2.24, 2.45) is 0 Å². The summed E-state index contributed by atoms with van der Waals surface area (Å²) in [5.74, 6) is 0.151. The molecule has 3 rings (SSSR count). The number of carbonyl (C=O) groups excluding carboxylic acids is 1. The van der Waals surface area contributed by atoms with E-state index in [1.165, 1.54) is 50.7 Å². The van der Waals surface area contributed by atoms with Gasteiger partial charge in [0, 0.05) is 42.3 Å². The number of Topliss-reactive ketones (excluding diaryl/α,β-unsaturated/α-hetero) is 1. The third-order valence-corrected chi connectivity index (χ3v) is 5.53. The average Bonchev–Trinajstić information content (AvgIpc) is 3.03. The van der Waals surface area contributed by atoms with E-state index in [-0.39, 0.29) is 5.78 Å². The van der Waals surface area contributed by atoms with Crippen molar-refractivity contribution >= 4 is 16.7 Å². The number of unbranched alkanes of at least 4 members (excludes halogenated alkanes) is 2. The number of allylic oxidation sites excluding steroid dienone is 1. The number of aryl methyl sites for hydroxylation is 1. The van der Waals surface area contributed by atoms with Crippen LogP contribution in [0, 0.1) is 0 Å². The van der Waals surface area contributed by atoms with Crippen LogP contribution < -0.4 is 0 Å². The third kappa shape index (κ3) is 4.64. The van der Waals surface area contributed by atoms with Gasteiger partial charge in [0.1, 0.15) is 0 Å². The maximum atomic E-state index is 11.9. The molecule has 0 bridgehead atoms. The van der Waals surface area contributed by atoms with Crippen LogP contribution in [0.2, 0.25) is 0 Å². The molecule has 0 saturated carbocycles. The summed E-state index contributed by atoms with van der Waals surface area (Å²) in [6.45, 7) is 8.43. The topological polar surface area (TPSA) is 25.2 Å². The van der Waals surface area contributed by atoms with Gasteiger partial charge in [-0.1, -0.05) is 49.6 Å². The molecule has 1 aromatic carbocycles. The molecule has 0 aliphatic carbocycles. The summed E-state index contributed by atoms with van der Waals surface area (Å²) in [6, 6.07) is 8.24. The molecule has 0 N–H and O–H groups in total. The summed E-state index contributed by atoms with van der Waals surface area (Å²) in [5, 5.41) is 1.08. The Hall–Kier alpha value is -1.87. The molecule has 0 amide bonds. The van der Waals surface area contributed by atoms with E-state index in [1.807, 2.05) is 12.3 Å². The zero-order chi connectivity index (χ0) is 18.4. The molecular weight excluding hydrogens is 320 g/mol. The number of nitrogens with zero attached hydrogens (tertiary/aromatic N) is 2. The minimum Gasteiger partial charge on any atom is -0.347 e. The fourth-order valence-electron chi connectivity index (χ4n) is 3.96. The lowest BCUT2D eigenvalue weighted by molar-refractivity contribution is 0.101. The molecule has 0 spiro atoms. The predicted molar refractivity (Wildman–Crippen MR) is 110 cm³/mol. The number of para-hydroxylation sites is 1. The minimum atomic E-state index is 0.151. The Labute approximate surface area is 157 Å². The normalized spacial score (nSPS) is 15.5. The first kappa shape index (κ1) is 18.9. The quantitative estimate of drug-likeness (QED) is 0.359. The second kappa shape index (κ2) is 9.18. The van der Waals surface area contributed by atoms with E-state index >= 15 is 0 Å². The van der Waals surface area contributed by atoms with Gasteiger partial charge >= 0.3 is 0 Å². The number of rotatable bonds is 8.